The van der Waals surface area contributed by atoms with E-state index in [9.17, 15) is 25.3 Å². The van der Waals surface area contributed by atoms with Gasteiger partial charge in [0.1, 0.15) is 0 Å². The lowest BCUT2D eigenvalue weighted by molar-refractivity contribution is -0.0327. The van der Waals surface area contributed by atoms with Gasteiger partial charge in [-0.1, -0.05) is 0 Å². The zero-order chi connectivity index (χ0) is 16.5. The van der Waals surface area contributed by atoms with Crippen molar-refractivity contribution >= 4 is 29.8 Å². The van der Waals surface area contributed by atoms with Gasteiger partial charge in [0.2, 0.25) is 19.7 Å². The van der Waals surface area contributed by atoms with E-state index in [0.717, 1.165) is 6.26 Å². The molecule has 0 aliphatic carbocycles. The van der Waals surface area contributed by atoms with Gasteiger partial charge in [-0.15, -0.1) is 0 Å². The van der Waals surface area contributed by atoms with Gasteiger partial charge in [-0.25, -0.2) is 16.8 Å². The fraction of sp³-hybridized carbons (Fsp3) is 1.00. The number of hydrogen-bond acceptors (Lipinski definition) is 9. The Morgan fingerprint density at radius 2 is 1.57 bits per heavy atom. The van der Waals surface area contributed by atoms with Crippen LogP contribution in [0.1, 0.15) is 12.8 Å². The second-order valence-corrected chi connectivity index (χ2v) is 10.8. The predicted octanol–water partition coefficient (Wildman–Crippen LogP) is -1.14. The minimum atomic E-state index is -4.17. The third-order valence-corrected chi connectivity index (χ3v) is 7.29. The van der Waals surface area contributed by atoms with Gasteiger partial charge in [-0.3, -0.25) is 4.18 Å². The first-order valence-electron chi connectivity index (χ1n) is 5.84. The molecule has 0 aromatic heterocycles. The third-order valence-electron chi connectivity index (χ3n) is 2.63. The molecule has 1 unspecified atom stereocenters. The molecule has 0 aromatic carbocycles. The van der Waals surface area contributed by atoms with E-state index < -0.39 is 40.3 Å². The lowest BCUT2D eigenvalue weighted by Gasteiger charge is -2.23. The van der Waals surface area contributed by atoms with Crippen LogP contribution in [0.4, 0.5) is 0 Å². The molecule has 0 aromatic rings. The standard InChI is InChI=1S/C9H18O9S3/c1-19(10,11)9(20(2,12)13)16-7-8(18-9)5-4-6-17-21(3,14)15/h8H,4-7H2,1-3H3. The van der Waals surface area contributed by atoms with E-state index in [1.165, 1.54) is 0 Å². The maximum absolute atomic E-state index is 11.7. The van der Waals surface area contributed by atoms with Crippen molar-refractivity contribution in [3.63, 3.8) is 0 Å². The molecule has 0 bridgehead atoms. The first-order chi connectivity index (χ1) is 9.29. The summed E-state index contributed by atoms with van der Waals surface area (Å²) in [5.41, 5.74) is 0. The van der Waals surface area contributed by atoms with Gasteiger partial charge in [0.05, 0.1) is 25.6 Å². The summed E-state index contributed by atoms with van der Waals surface area (Å²) in [7, 11) is -11.9. The number of sulfone groups is 2. The van der Waals surface area contributed by atoms with Gasteiger partial charge >= 0.3 is 4.45 Å². The average molecular weight is 366 g/mol. The minimum absolute atomic E-state index is 0.108. The van der Waals surface area contributed by atoms with Gasteiger partial charge in [-0.05, 0) is 12.8 Å². The zero-order valence-corrected chi connectivity index (χ0v) is 14.3. The summed E-state index contributed by atoms with van der Waals surface area (Å²) in [6.07, 6.45) is 1.98. The molecule has 126 valence electrons. The van der Waals surface area contributed by atoms with Crippen LogP contribution in [-0.4, -0.2) is 67.8 Å². The van der Waals surface area contributed by atoms with Gasteiger partial charge in [0.25, 0.3) is 10.1 Å². The zero-order valence-electron chi connectivity index (χ0n) is 11.8. The van der Waals surface area contributed by atoms with Crippen molar-refractivity contribution in [1.29, 1.82) is 0 Å². The number of rotatable bonds is 7. The highest BCUT2D eigenvalue weighted by atomic mass is 32.3. The van der Waals surface area contributed by atoms with E-state index in [0.29, 0.717) is 12.5 Å². The predicted molar refractivity (Wildman–Crippen MR) is 73.3 cm³/mol. The molecule has 0 amide bonds. The van der Waals surface area contributed by atoms with Gasteiger partial charge in [0.15, 0.2) is 0 Å². The normalized spacial score (nSPS) is 23.3. The van der Waals surface area contributed by atoms with Crippen LogP contribution in [-0.2, 0) is 43.4 Å². The van der Waals surface area contributed by atoms with Crippen molar-refractivity contribution in [1.82, 2.24) is 0 Å². The molecule has 21 heavy (non-hydrogen) atoms. The first kappa shape index (κ1) is 18.8. The Morgan fingerprint density at radius 1 is 1.05 bits per heavy atom. The maximum Gasteiger partial charge on any atom is 0.379 e. The Balaban J connectivity index is 2.70. The molecule has 0 radical (unpaired) electrons. The van der Waals surface area contributed by atoms with Crippen molar-refractivity contribution in [2.45, 2.75) is 23.4 Å². The second kappa shape index (κ2) is 6.08. The fourth-order valence-electron chi connectivity index (χ4n) is 1.79. The average Bonchev–Trinajstić information content (AvgIpc) is 2.67. The van der Waals surface area contributed by atoms with Gasteiger partial charge < -0.3 is 9.47 Å². The second-order valence-electron chi connectivity index (χ2n) is 4.76. The smallest absolute Gasteiger partial charge is 0.323 e. The summed E-state index contributed by atoms with van der Waals surface area (Å²) >= 11 is 0. The van der Waals surface area contributed by atoms with Crippen molar-refractivity contribution in [2.75, 3.05) is 32.0 Å². The Kier molecular flexibility index (Phi) is 5.44. The highest BCUT2D eigenvalue weighted by molar-refractivity contribution is 8.09. The lowest BCUT2D eigenvalue weighted by Crippen LogP contribution is -2.46. The molecule has 1 atom stereocenters. The van der Waals surface area contributed by atoms with E-state index in [1.54, 1.807) is 0 Å². The molecular weight excluding hydrogens is 348 g/mol. The van der Waals surface area contributed by atoms with Gasteiger partial charge in [0, 0.05) is 12.5 Å². The Hall–Kier alpha value is -0.270. The SMILES string of the molecule is CS(=O)(=O)OCCCC1COC(S(C)(=O)=O)(S(C)(=O)=O)O1. The van der Waals surface area contributed by atoms with Crippen LogP contribution in [0, 0.1) is 0 Å². The highest BCUT2D eigenvalue weighted by Gasteiger charge is 2.59. The van der Waals surface area contributed by atoms with Crippen LogP contribution in [0.3, 0.4) is 0 Å². The molecule has 1 heterocycles. The van der Waals surface area contributed by atoms with Gasteiger partial charge in [-0.2, -0.15) is 8.42 Å². The van der Waals surface area contributed by atoms with E-state index in [-0.39, 0.29) is 26.1 Å². The summed E-state index contributed by atoms with van der Waals surface area (Å²) in [5, 5.41) is 0. The Labute approximate surface area is 124 Å². The summed E-state index contributed by atoms with van der Waals surface area (Å²) in [5.74, 6) is 0. The summed E-state index contributed by atoms with van der Waals surface area (Å²) in [6, 6.07) is 0. The molecule has 0 saturated carbocycles. The molecular formula is C9H18O9S3. The topological polar surface area (TPSA) is 130 Å². The van der Waals surface area contributed by atoms with E-state index in [2.05, 4.69) is 4.18 Å². The van der Waals surface area contributed by atoms with Crippen molar-refractivity contribution in [2.24, 2.45) is 0 Å². The molecule has 9 nitrogen and oxygen atoms in total. The van der Waals surface area contributed by atoms with E-state index >= 15 is 0 Å². The summed E-state index contributed by atoms with van der Waals surface area (Å²) in [6.45, 7) is -0.331. The van der Waals surface area contributed by atoms with Crippen LogP contribution in [0.2, 0.25) is 0 Å². The fourth-order valence-corrected chi connectivity index (χ4v) is 5.60. The Morgan fingerprint density at radius 3 is 1.95 bits per heavy atom. The largest absolute Gasteiger partial charge is 0.379 e. The first-order valence-corrected chi connectivity index (χ1v) is 11.4. The molecule has 1 saturated heterocycles. The van der Waals surface area contributed by atoms with Crippen molar-refractivity contribution in [3.05, 3.63) is 0 Å². The highest BCUT2D eigenvalue weighted by Crippen LogP contribution is 2.35. The van der Waals surface area contributed by atoms with Crippen LogP contribution < -0.4 is 0 Å². The number of ether oxygens (including phenoxy) is 2. The molecule has 1 rings (SSSR count). The minimum Gasteiger partial charge on any atom is -0.323 e. The molecule has 1 aliphatic heterocycles. The monoisotopic (exact) mass is 366 g/mol. The Bertz CT molecular complexity index is 642. The molecule has 0 N–H and O–H groups in total. The molecule has 1 fully saturated rings. The van der Waals surface area contributed by atoms with E-state index in [1.807, 2.05) is 0 Å². The van der Waals surface area contributed by atoms with E-state index in [4.69, 9.17) is 9.47 Å². The molecule has 1 aliphatic rings. The quantitative estimate of drug-likeness (QED) is 0.405. The van der Waals surface area contributed by atoms with Crippen molar-refractivity contribution in [3.8, 4) is 0 Å². The summed E-state index contributed by atoms with van der Waals surface area (Å²) < 4.78 is 80.1. The van der Waals surface area contributed by atoms with Crippen LogP contribution >= 0.6 is 0 Å². The number of hydrogen-bond donors (Lipinski definition) is 0. The summed E-state index contributed by atoms with van der Waals surface area (Å²) in [4.78, 5) is 0. The lowest BCUT2D eigenvalue weighted by atomic mass is 10.2. The van der Waals surface area contributed by atoms with Crippen molar-refractivity contribution < 1.29 is 38.9 Å². The maximum atomic E-state index is 11.7. The van der Waals surface area contributed by atoms with Crippen LogP contribution in [0.25, 0.3) is 0 Å². The third kappa shape index (κ3) is 4.60. The van der Waals surface area contributed by atoms with Crippen LogP contribution in [0.15, 0.2) is 0 Å². The molecule has 12 heteroatoms. The van der Waals surface area contributed by atoms with Crippen LogP contribution in [0.5, 0.6) is 0 Å². The molecule has 0 spiro atoms.